The normalized spacial score (nSPS) is 17.6. The van der Waals surface area contributed by atoms with Gasteiger partial charge in [0.2, 0.25) is 10.0 Å². The van der Waals surface area contributed by atoms with Crippen LogP contribution in [0.3, 0.4) is 0 Å². The maximum Gasteiger partial charge on any atom is 0.335 e. The van der Waals surface area contributed by atoms with Gasteiger partial charge in [0.25, 0.3) is 0 Å². The molecule has 110 valence electrons. The Morgan fingerprint density at radius 1 is 1.15 bits per heavy atom. The van der Waals surface area contributed by atoms with Gasteiger partial charge in [-0.3, -0.25) is 0 Å². The van der Waals surface area contributed by atoms with Gasteiger partial charge in [0, 0.05) is 13.1 Å². The van der Waals surface area contributed by atoms with Crippen LogP contribution in [-0.2, 0) is 10.0 Å². The van der Waals surface area contributed by atoms with Crippen molar-refractivity contribution in [3.63, 3.8) is 0 Å². The van der Waals surface area contributed by atoms with Crippen molar-refractivity contribution in [2.24, 2.45) is 0 Å². The van der Waals surface area contributed by atoms with E-state index < -0.39 is 16.0 Å². The Labute approximate surface area is 119 Å². The third-order valence-electron chi connectivity index (χ3n) is 3.64. The number of benzene rings is 1. The molecule has 1 heterocycles. The highest BCUT2D eigenvalue weighted by Crippen LogP contribution is 2.22. The molecular weight excluding hydrogens is 278 g/mol. The molecule has 1 fully saturated rings. The Balaban J connectivity index is 2.38. The third-order valence-corrected chi connectivity index (χ3v) is 5.54. The molecule has 2 rings (SSSR count). The molecule has 1 aliphatic heterocycles. The van der Waals surface area contributed by atoms with Gasteiger partial charge in [-0.15, -0.1) is 0 Å². The predicted molar refractivity (Wildman–Crippen MR) is 75.4 cm³/mol. The summed E-state index contributed by atoms with van der Waals surface area (Å²) in [6.45, 7) is 2.68. The molecule has 0 atom stereocenters. The van der Waals surface area contributed by atoms with E-state index in [9.17, 15) is 13.2 Å². The molecule has 0 unspecified atom stereocenters. The number of carbonyl (C=O) groups is 1. The number of carboxylic acids is 1. The Hall–Kier alpha value is -1.40. The maximum atomic E-state index is 12.6. The first-order chi connectivity index (χ1) is 9.43. The molecule has 0 radical (unpaired) electrons. The lowest BCUT2D eigenvalue weighted by Crippen LogP contribution is -2.32. The van der Waals surface area contributed by atoms with E-state index in [0.717, 1.165) is 25.7 Å². The second kappa shape index (κ2) is 5.93. The second-order valence-corrected chi connectivity index (χ2v) is 7.04. The molecule has 0 spiro atoms. The lowest BCUT2D eigenvalue weighted by Gasteiger charge is -2.20. The van der Waals surface area contributed by atoms with Crippen LogP contribution in [0.5, 0.6) is 0 Å². The quantitative estimate of drug-likeness (QED) is 0.928. The van der Waals surface area contributed by atoms with Gasteiger partial charge in [-0.2, -0.15) is 4.31 Å². The Morgan fingerprint density at radius 2 is 1.75 bits per heavy atom. The maximum absolute atomic E-state index is 12.6. The molecule has 0 bridgehead atoms. The number of aromatic carboxylic acids is 1. The second-order valence-electron chi connectivity index (χ2n) is 5.10. The Morgan fingerprint density at radius 3 is 2.30 bits per heavy atom. The summed E-state index contributed by atoms with van der Waals surface area (Å²) in [5.41, 5.74) is 0.605. The Kier molecular flexibility index (Phi) is 4.45. The first-order valence-electron chi connectivity index (χ1n) is 6.77. The number of hydrogen-bond donors (Lipinski definition) is 1. The molecule has 1 aromatic rings. The highest BCUT2D eigenvalue weighted by molar-refractivity contribution is 7.89. The molecule has 0 amide bonds. The van der Waals surface area contributed by atoms with Crippen molar-refractivity contribution < 1.29 is 18.3 Å². The van der Waals surface area contributed by atoms with Crippen molar-refractivity contribution >= 4 is 16.0 Å². The number of sulfonamides is 1. The summed E-state index contributed by atoms with van der Waals surface area (Å²) in [6.07, 6.45) is 3.80. The molecule has 1 aromatic carbocycles. The van der Waals surface area contributed by atoms with E-state index in [4.69, 9.17) is 5.11 Å². The first kappa shape index (κ1) is 15.0. The van der Waals surface area contributed by atoms with Crippen molar-refractivity contribution in [2.75, 3.05) is 13.1 Å². The number of nitrogens with zero attached hydrogens (tertiary/aromatic N) is 1. The van der Waals surface area contributed by atoms with Gasteiger partial charge in [0.05, 0.1) is 10.5 Å². The fourth-order valence-electron chi connectivity index (χ4n) is 2.42. The largest absolute Gasteiger partial charge is 0.478 e. The monoisotopic (exact) mass is 297 g/mol. The number of hydrogen-bond acceptors (Lipinski definition) is 3. The zero-order valence-corrected chi connectivity index (χ0v) is 12.3. The number of carboxylic acid groups (broad SMARTS) is 1. The van der Waals surface area contributed by atoms with Crippen LogP contribution in [0.15, 0.2) is 23.1 Å². The number of rotatable bonds is 3. The van der Waals surface area contributed by atoms with Crippen LogP contribution < -0.4 is 0 Å². The van der Waals surface area contributed by atoms with Crippen molar-refractivity contribution in [3.05, 3.63) is 29.3 Å². The summed E-state index contributed by atoms with van der Waals surface area (Å²) in [7, 11) is -3.59. The van der Waals surface area contributed by atoms with Crippen molar-refractivity contribution in [2.45, 2.75) is 37.5 Å². The minimum atomic E-state index is -3.59. The summed E-state index contributed by atoms with van der Waals surface area (Å²) < 4.78 is 26.6. The lowest BCUT2D eigenvalue weighted by atomic mass is 10.1. The average Bonchev–Trinajstić information content (AvgIpc) is 2.67. The zero-order chi connectivity index (χ0) is 14.8. The van der Waals surface area contributed by atoms with E-state index in [2.05, 4.69) is 0 Å². The van der Waals surface area contributed by atoms with Crippen LogP contribution >= 0.6 is 0 Å². The molecule has 1 aliphatic rings. The van der Waals surface area contributed by atoms with Crippen LogP contribution in [0.1, 0.15) is 41.6 Å². The van der Waals surface area contributed by atoms with E-state index >= 15 is 0 Å². The van der Waals surface area contributed by atoms with Gasteiger partial charge in [-0.05, 0) is 37.5 Å². The van der Waals surface area contributed by atoms with E-state index in [1.807, 2.05) is 0 Å². The van der Waals surface area contributed by atoms with Crippen molar-refractivity contribution in [1.29, 1.82) is 0 Å². The summed E-state index contributed by atoms with van der Waals surface area (Å²) in [5.74, 6) is -1.10. The highest BCUT2D eigenvalue weighted by Gasteiger charge is 2.26. The van der Waals surface area contributed by atoms with Gasteiger partial charge < -0.3 is 5.11 Å². The summed E-state index contributed by atoms with van der Waals surface area (Å²) >= 11 is 0. The lowest BCUT2D eigenvalue weighted by molar-refractivity contribution is 0.0696. The smallest absolute Gasteiger partial charge is 0.335 e. The summed E-state index contributed by atoms with van der Waals surface area (Å²) in [5, 5.41) is 9.10. The average molecular weight is 297 g/mol. The minimum Gasteiger partial charge on any atom is -0.478 e. The molecule has 0 aliphatic carbocycles. The van der Waals surface area contributed by atoms with Crippen LogP contribution in [0.25, 0.3) is 0 Å². The molecule has 1 saturated heterocycles. The molecule has 5 nitrogen and oxygen atoms in total. The standard InChI is InChI=1S/C14H19NO4S/c1-11-6-7-12(10-13(11)14(16)17)20(18,19)15-8-4-2-3-5-9-15/h6-7,10H,2-5,8-9H2,1H3,(H,16,17). The van der Waals surface area contributed by atoms with Gasteiger partial charge in [0.15, 0.2) is 0 Å². The van der Waals surface area contributed by atoms with Crippen molar-refractivity contribution in [3.8, 4) is 0 Å². The SMILES string of the molecule is Cc1ccc(S(=O)(=O)N2CCCCCC2)cc1C(=O)O. The van der Waals surface area contributed by atoms with E-state index in [1.54, 1.807) is 13.0 Å². The Bertz CT molecular complexity index is 602. The molecule has 6 heteroatoms. The van der Waals surface area contributed by atoms with Crippen LogP contribution in [0.2, 0.25) is 0 Å². The van der Waals surface area contributed by atoms with Crippen LogP contribution in [0.4, 0.5) is 0 Å². The fraction of sp³-hybridized carbons (Fsp3) is 0.500. The fourth-order valence-corrected chi connectivity index (χ4v) is 3.97. The third kappa shape index (κ3) is 3.02. The number of aryl methyl sites for hydroxylation is 1. The summed E-state index contributed by atoms with van der Waals surface area (Å²) in [4.78, 5) is 11.2. The molecule has 1 N–H and O–H groups in total. The van der Waals surface area contributed by atoms with Gasteiger partial charge in [-0.25, -0.2) is 13.2 Å². The molecule has 0 saturated carbocycles. The summed E-state index contributed by atoms with van der Waals surface area (Å²) in [6, 6.07) is 4.30. The highest BCUT2D eigenvalue weighted by atomic mass is 32.2. The minimum absolute atomic E-state index is 0.0425. The van der Waals surface area contributed by atoms with Gasteiger partial charge in [-0.1, -0.05) is 18.9 Å². The van der Waals surface area contributed by atoms with Gasteiger partial charge >= 0.3 is 5.97 Å². The van der Waals surface area contributed by atoms with Crippen LogP contribution in [-0.4, -0.2) is 36.9 Å². The van der Waals surface area contributed by atoms with E-state index in [1.165, 1.54) is 16.4 Å². The first-order valence-corrected chi connectivity index (χ1v) is 8.21. The van der Waals surface area contributed by atoms with Crippen molar-refractivity contribution in [1.82, 2.24) is 4.31 Å². The van der Waals surface area contributed by atoms with Gasteiger partial charge in [0.1, 0.15) is 0 Å². The molecule has 0 aromatic heterocycles. The van der Waals surface area contributed by atoms with E-state index in [-0.39, 0.29) is 10.5 Å². The predicted octanol–water partition coefficient (Wildman–Crippen LogP) is 2.26. The topological polar surface area (TPSA) is 74.7 Å². The van der Waals surface area contributed by atoms with E-state index in [0.29, 0.717) is 18.7 Å². The molecular formula is C14H19NO4S. The van der Waals surface area contributed by atoms with Crippen LogP contribution in [0, 0.1) is 6.92 Å². The zero-order valence-electron chi connectivity index (χ0n) is 11.5. The molecule has 20 heavy (non-hydrogen) atoms.